The number of oxime groups is 1. The van der Waals surface area contributed by atoms with Crippen LogP contribution in [0.1, 0.15) is 15.2 Å². The fourth-order valence-electron chi connectivity index (χ4n) is 2.72. The first kappa shape index (κ1) is 19.5. The van der Waals surface area contributed by atoms with E-state index in [0.29, 0.717) is 36.6 Å². The van der Waals surface area contributed by atoms with Gasteiger partial charge < -0.3 is 14.6 Å². The molecule has 0 aliphatic carbocycles. The second-order valence-corrected chi connectivity index (χ2v) is 6.96. The van der Waals surface area contributed by atoms with E-state index in [4.69, 9.17) is 4.84 Å². The molecule has 0 spiro atoms. The summed E-state index contributed by atoms with van der Waals surface area (Å²) in [4.78, 5) is 43.8. The van der Waals surface area contributed by atoms with E-state index in [9.17, 15) is 19.7 Å². The van der Waals surface area contributed by atoms with E-state index in [1.165, 1.54) is 29.7 Å². The Hall–Kier alpha value is -3.27. The number of piperazine rings is 1. The van der Waals surface area contributed by atoms with Gasteiger partial charge in [0.25, 0.3) is 17.5 Å². The molecule has 3 rings (SSSR count). The predicted octanol–water partition coefficient (Wildman–Crippen LogP) is 1.99. The molecule has 0 atom stereocenters. The highest BCUT2D eigenvalue weighted by molar-refractivity contribution is 7.12. The summed E-state index contributed by atoms with van der Waals surface area (Å²) in [6.45, 7) is 1.59. The second-order valence-electron chi connectivity index (χ2n) is 6.01. The first-order chi connectivity index (χ1) is 13.5. The van der Waals surface area contributed by atoms with Gasteiger partial charge in [-0.15, -0.1) is 11.3 Å². The zero-order valence-electron chi connectivity index (χ0n) is 14.9. The number of nitrogens with zero attached hydrogens (tertiary/aromatic N) is 4. The summed E-state index contributed by atoms with van der Waals surface area (Å²) in [5.74, 6) is -0.237. The first-order valence-electron chi connectivity index (χ1n) is 8.55. The van der Waals surface area contributed by atoms with Gasteiger partial charge in [0.15, 0.2) is 6.61 Å². The Balaban J connectivity index is 1.43. The van der Waals surface area contributed by atoms with E-state index in [1.54, 1.807) is 28.0 Å². The molecule has 10 heteroatoms. The van der Waals surface area contributed by atoms with E-state index < -0.39 is 4.92 Å². The summed E-state index contributed by atoms with van der Waals surface area (Å²) < 4.78 is 0. The maximum atomic E-state index is 12.3. The van der Waals surface area contributed by atoms with Crippen LogP contribution in [0.5, 0.6) is 0 Å². The molecule has 1 aliphatic heterocycles. The number of rotatable bonds is 6. The lowest BCUT2D eigenvalue weighted by molar-refractivity contribution is -0.384. The lowest BCUT2D eigenvalue weighted by atomic mass is 10.2. The normalized spacial score (nSPS) is 14.3. The van der Waals surface area contributed by atoms with Crippen LogP contribution in [0.25, 0.3) is 0 Å². The first-order valence-corrected chi connectivity index (χ1v) is 9.43. The largest absolute Gasteiger partial charge is 0.386 e. The number of amides is 2. The minimum absolute atomic E-state index is 0.0140. The molecule has 0 N–H and O–H groups in total. The Morgan fingerprint density at radius 3 is 2.61 bits per heavy atom. The van der Waals surface area contributed by atoms with Crippen LogP contribution < -0.4 is 0 Å². The predicted molar refractivity (Wildman–Crippen MR) is 103 cm³/mol. The minimum Gasteiger partial charge on any atom is -0.386 e. The molecular weight excluding hydrogens is 384 g/mol. The van der Waals surface area contributed by atoms with Crippen LogP contribution in [0.15, 0.2) is 46.9 Å². The maximum absolute atomic E-state index is 12.3. The number of carbonyl (C=O) groups excluding carboxylic acids is 2. The van der Waals surface area contributed by atoms with Crippen LogP contribution in [0.4, 0.5) is 5.69 Å². The second kappa shape index (κ2) is 9.09. The molecule has 0 saturated carbocycles. The maximum Gasteiger partial charge on any atom is 0.270 e. The van der Waals surface area contributed by atoms with E-state index in [2.05, 4.69) is 5.16 Å². The van der Waals surface area contributed by atoms with Crippen LogP contribution in [0, 0.1) is 10.1 Å². The molecular formula is C18H18N4O5S. The van der Waals surface area contributed by atoms with Crippen molar-refractivity contribution in [1.29, 1.82) is 0 Å². The molecule has 1 aromatic heterocycles. The fourth-order valence-corrected chi connectivity index (χ4v) is 3.41. The van der Waals surface area contributed by atoms with Gasteiger partial charge in [0.05, 0.1) is 16.0 Å². The molecule has 28 heavy (non-hydrogen) atoms. The topological polar surface area (TPSA) is 105 Å². The number of nitro benzene ring substituents is 1. The Kier molecular flexibility index (Phi) is 6.33. The van der Waals surface area contributed by atoms with E-state index >= 15 is 0 Å². The van der Waals surface area contributed by atoms with Crippen molar-refractivity contribution in [3.63, 3.8) is 0 Å². The summed E-state index contributed by atoms with van der Waals surface area (Å²) in [6, 6.07) is 9.55. The Morgan fingerprint density at radius 1 is 1.18 bits per heavy atom. The number of benzene rings is 1. The molecule has 1 aromatic carbocycles. The van der Waals surface area contributed by atoms with Crippen molar-refractivity contribution in [2.45, 2.75) is 0 Å². The zero-order valence-corrected chi connectivity index (χ0v) is 15.7. The Labute approximate surface area is 165 Å². The highest BCUT2D eigenvalue weighted by atomic mass is 32.1. The van der Waals surface area contributed by atoms with Crippen LogP contribution >= 0.6 is 11.3 Å². The average molecular weight is 402 g/mol. The third-order valence-electron chi connectivity index (χ3n) is 4.20. The highest BCUT2D eigenvalue weighted by Crippen LogP contribution is 2.14. The van der Waals surface area contributed by atoms with Gasteiger partial charge in [-0.1, -0.05) is 23.4 Å². The van der Waals surface area contributed by atoms with Crippen LogP contribution in [-0.2, 0) is 9.63 Å². The number of thiophene rings is 1. The van der Waals surface area contributed by atoms with Crippen molar-refractivity contribution < 1.29 is 19.3 Å². The summed E-state index contributed by atoms with van der Waals surface area (Å²) in [5, 5.41) is 16.3. The van der Waals surface area contributed by atoms with Crippen molar-refractivity contribution in [3.05, 3.63) is 62.3 Å². The van der Waals surface area contributed by atoms with Crippen molar-refractivity contribution >= 4 is 35.1 Å². The third kappa shape index (κ3) is 4.92. The summed E-state index contributed by atoms with van der Waals surface area (Å²) in [7, 11) is 0. The van der Waals surface area contributed by atoms with Gasteiger partial charge in [0.2, 0.25) is 0 Å². The molecule has 0 radical (unpaired) electrons. The Bertz CT molecular complexity index is 876. The van der Waals surface area contributed by atoms with Crippen molar-refractivity contribution in [2.75, 3.05) is 32.8 Å². The smallest absolute Gasteiger partial charge is 0.270 e. The number of non-ortho nitro benzene ring substituents is 1. The SMILES string of the molecule is O=C(CO/N=C\c1cccc([N+](=O)[O-])c1)N1CCN(C(=O)c2cccs2)CC1. The lowest BCUT2D eigenvalue weighted by Gasteiger charge is -2.34. The summed E-state index contributed by atoms with van der Waals surface area (Å²) in [6.07, 6.45) is 1.32. The molecule has 2 aromatic rings. The number of hydrogen-bond acceptors (Lipinski definition) is 7. The number of nitro groups is 1. The number of hydrogen-bond donors (Lipinski definition) is 0. The van der Waals surface area contributed by atoms with Crippen molar-refractivity contribution in [1.82, 2.24) is 9.80 Å². The van der Waals surface area contributed by atoms with Gasteiger partial charge in [-0.25, -0.2) is 0 Å². The van der Waals surface area contributed by atoms with E-state index in [1.807, 2.05) is 11.4 Å². The third-order valence-corrected chi connectivity index (χ3v) is 5.05. The molecule has 2 amide bonds. The van der Waals surface area contributed by atoms with Crippen LogP contribution in [-0.4, -0.2) is 65.5 Å². The molecule has 0 unspecified atom stereocenters. The average Bonchev–Trinajstić information content (AvgIpc) is 3.25. The van der Waals surface area contributed by atoms with Gasteiger partial charge in [0.1, 0.15) is 0 Å². The minimum atomic E-state index is -0.495. The van der Waals surface area contributed by atoms with Gasteiger partial charge in [-0.2, -0.15) is 0 Å². The lowest BCUT2D eigenvalue weighted by Crippen LogP contribution is -2.51. The van der Waals surface area contributed by atoms with E-state index in [-0.39, 0.29) is 24.1 Å². The Morgan fingerprint density at radius 2 is 1.93 bits per heavy atom. The van der Waals surface area contributed by atoms with Gasteiger partial charge >= 0.3 is 0 Å². The standard InChI is InChI=1S/C18H18N4O5S/c23-17(13-27-19-12-14-3-1-4-15(11-14)22(25)26)20-6-8-21(9-7-20)18(24)16-5-2-10-28-16/h1-5,10-12H,6-9,13H2/b19-12-. The number of carbonyl (C=O) groups is 2. The van der Waals surface area contributed by atoms with Gasteiger partial charge in [-0.3, -0.25) is 19.7 Å². The van der Waals surface area contributed by atoms with Gasteiger partial charge in [-0.05, 0) is 11.4 Å². The summed E-state index contributed by atoms with van der Waals surface area (Å²) >= 11 is 1.40. The van der Waals surface area contributed by atoms with Crippen molar-refractivity contribution in [2.24, 2.45) is 5.16 Å². The van der Waals surface area contributed by atoms with Crippen LogP contribution in [0.2, 0.25) is 0 Å². The summed E-state index contributed by atoms with van der Waals surface area (Å²) in [5.41, 5.74) is 0.456. The van der Waals surface area contributed by atoms with Gasteiger partial charge in [0, 0.05) is 43.9 Å². The molecule has 2 heterocycles. The fraction of sp³-hybridized carbons (Fsp3) is 0.278. The quantitative estimate of drug-likeness (QED) is 0.417. The molecule has 1 fully saturated rings. The molecule has 1 aliphatic rings. The molecule has 9 nitrogen and oxygen atoms in total. The molecule has 146 valence electrons. The van der Waals surface area contributed by atoms with Crippen LogP contribution in [0.3, 0.4) is 0 Å². The molecule has 1 saturated heterocycles. The van der Waals surface area contributed by atoms with E-state index in [0.717, 1.165) is 0 Å². The molecule has 0 bridgehead atoms. The highest BCUT2D eigenvalue weighted by Gasteiger charge is 2.25. The zero-order chi connectivity index (χ0) is 19.9. The van der Waals surface area contributed by atoms with Crippen molar-refractivity contribution in [3.8, 4) is 0 Å². The monoisotopic (exact) mass is 402 g/mol.